The fraction of sp³-hybridized carbons (Fsp3) is 0.333. The van der Waals surface area contributed by atoms with Crippen molar-refractivity contribution in [3.63, 3.8) is 0 Å². The number of carbonyl (C=O) groups excluding carboxylic acids is 2. The highest BCUT2D eigenvalue weighted by Crippen LogP contribution is 2.11. The summed E-state index contributed by atoms with van der Waals surface area (Å²) in [6.45, 7) is 5.61. The molecule has 7 heteroatoms. The number of nitrogens with zero attached hydrogens (tertiary/aromatic N) is 2. The summed E-state index contributed by atoms with van der Waals surface area (Å²) in [5.74, 6) is -0.453. The highest BCUT2D eigenvalue weighted by Gasteiger charge is 2.23. The number of benzene rings is 2. The number of nitrogens with one attached hydrogen (secondary N) is 2. The summed E-state index contributed by atoms with van der Waals surface area (Å²) in [7, 11) is 2.16. The Morgan fingerprint density at radius 1 is 0.912 bits per heavy atom. The molecule has 7 nitrogen and oxygen atoms in total. The van der Waals surface area contributed by atoms with Crippen molar-refractivity contribution in [3.05, 3.63) is 95.4 Å². The van der Waals surface area contributed by atoms with Gasteiger partial charge in [-0.25, -0.2) is 0 Å². The zero-order chi connectivity index (χ0) is 23.8. The Morgan fingerprint density at radius 2 is 1.65 bits per heavy atom. The topological polar surface area (TPSA) is 77.8 Å². The van der Waals surface area contributed by atoms with Crippen LogP contribution in [0.15, 0.2) is 77.4 Å². The Balaban J connectivity index is 1.37. The van der Waals surface area contributed by atoms with Crippen molar-refractivity contribution in [1.82, 2.24) is 20.4 Å². The van der Waals surface area contributed by atoms with E-state index in [1.807, 2.05) is 42.5 Å². The van der Waals surface area contributed by atoms with E-state index < -0.39 is 11.9 Å². The SMILES string of the molecule is CN1CCN(Cc2cccc(CNC(=O)C(Cc3ccccc3)NC(=O)c3ccco3)c2)CC1. The fourth-order valence-corrected chi connectivity index (χ4v) is 4.11. The van der Waals surface area contributed by atoms with Gasteiger partial charge in [-0.1, -0.05) is 54.6 Å². The molecule has 4 rings (SSSR count). The van der Waals surface area contributed by atoms with E-state index >= 15 is 0 Å². The third-order valence-electron chi connectivity index (χ3n) is 6.11. The molecule has 2 N–H and O–H groups in total. The summed E-state index contributed by atoms with van der Waals surface area (Å²) in [5, 5.41) is 5.82. The molecule has 1 fully saturated rings. The largest absolute Gasteiger partial charge is 0.459 e. The maximum Gasteiger partial charge on any atom is 0.287 e. The van der Waals surface area contributed by atoms with E-state index in [0.29, 0.717) is 13.0 Å². The van der Waals surface area contributed by atoms with Gasteiger partial charge in [0.25, 0.3) is 5.91 Å². The molecule has 0 spiro atoms. The molecule has 1 aliphatic rings. The van der Waals surface area contributed by atoms with Crippen LogP contribution >= 0.6 is 0 Å². The summed E-state index contributed by atoms with van der Waals surface area (Å²) in [6.07, 6.45) is 1.83. The first-order valence-electron chi connectivity index (χ1n) is 11.7. The molecule has 2 heterocycles. The van der Waals surface area contributed by atoms with Gasteiger partial charge in [0.05, 0.1) is 6.26 Å². The predicted octanol–water partition coefficient (Wildman–Crippen LogP) is 2.68. The van der Waals surface area contributed by atoms with Crippen molar-refractivity contribution < 1.29 is 14.0 Å². The van der Waals surface area contributed by atoms with Crippen molar-refractivity contribution in [1.29, 1.82) is 0 Å². The predicted molar refractivity (Wildman–Crippen MR) is 131 cm³/mol. The minimum absolute atomic E-state index is 0.183. The Morgan fingerprint density at radius 3 is 2.38 bits per heavy atom. The van der Waals surface area contributed by atoms with Gasteiger partial charge in [-0.3, -0.25) is 14.5 Å². The summed E-state index contributed by atoms with van der Waals surface area (Å²) in [4.78, 5) is 30.4. The lowest BCUT2D eigenvalue weighted by molar-refractivity contribution is -0.123. The van der Waals surface area contributed by atoms with E-state index in [-0.39, 0.29) is 11.7 Å². The number of hydrogen-bond donors (Lipinski definition) is 2. The maximum absolute atomic E-state index is 13.1. The van der Waals surface area contributed by atoms with Crippen molar-refractivity contribution >= 4 is 11.8 Å². The van der Waals surface area contributed by atoms with Crippen molar-refractivity contribution in [2.24, 2.45) is 0 Å². The van der Waals surface area contributed by atoms with Crippen LogP contribution in [-0.2, 0) is 24.3 Å². The van der Waals surface area contributed by atoms with Crippen LogP contribution in [0.3, 0.4) is 0 Å². The summed E-state index contributed by atoms with van der Waals surface area (Å²) < 4.78 is 5.19. The van der Waals surface area contributed by atoms with Gasteiger partial charge < -0.3 is 20.0 Å². The maximum atomic E-state index is 13.1. The first-order valence-corrected chi connectivity index (χ1v) is 11.7. The van der Waals surface area contributed by atoms with Gasteiger partial charge in [-0.05, 0) is 35.9 Å². The number of carbonyl (C=O) groups is 2. The third kappa shape index (κ3) is 6.79. The summed E-state index contributed by atoms with van der Waals surface area (Å²) >= 11 is 0. The summed E-state index contributed by atoms with van der Waals surface area (Å²) in [6, 6.07) is 20.5. The molecular weight excluding hydrogens is 428 g/mol. The Labute approximate surface area is 200 Å². The van der Waals surface area contributed by atoms with Gasteiger partial charge in [-0.2, -0.15) is 0 Å². The molecule has 3 aromatic rings. The zero-order valence-corrected chi connectivity index (χ0v) is 19.6. The molecular formula is C27H32N4O3. The van der Waals surface area contributed by atoms with Crippen LogP contribution < -0.4 is 10.6 Å². The molecule has 1 aliphatic heterocycles. The van der Waals surface area contributed by atoms with Crippen LogP contribution in [0, 0.1) is 0 Å². The number of hydrogen-bond acceptors (Lipinski definition) is 5. The molecule has 0 radical (unpaired) electrons. The number of amides is 2. The van der Waals surface area contributed by atoms with E-state index in [0.717, 1.165) is 43.9 Å². The molecule has 1 atom stereocenters. The number of piperazine rings is 1. The molecule has 1 unspecified atom stereocenters. The molecule has 1 saturated heterocycles. The second-order valence-corrected chi connectivity index (χ2v) is 8.81. The van der Waals surface area contributed by atoms with E-state index in [4.69, 9.17) is 4.42 Å². The van der Waals surface area contributed by atoms with Gasteiger partial charge in [0.2, 0.25) is 5.91 Å². The first kappa shape index (κ1) is 23.7. The molecule has 2 aromatic carbocycles. The van der Waals surface area contributed by atoms with E-state index in [2.05, 4.69) is 39.6 Å². The van der Waals surface area contributed by atoms with Crippen molar-refractivity contribution in [2.45, 2.75) is 25.6 Å². The van der Waals surface area contributed by atoms with Gasteiger partial charge in [0, 0.05) is 45.7 Å². The first-order chi connectivity index (χ1) is 16.6. The van der Waals surface area contributed by atoms with Crippen LogP contribution in [0.2, 0.25) is 0 Å². The zero-order valence-electron chi connectivity index (χ0n) is 19.6. The lowest BCUT2D eigenvalue weighted by Gasteiger charge is -2.32. The van der Waals surface area contributed by atoms with Gasteiger partial charge >= 0.3 is 0 Å². The second-order valence-electron chi connectivity index (χ2n) is 8.81. The summed E-state index contributed by atoms with van der Waals surface area (Å²) in [5.41, 5.74) is 3.25. The Kier molecular flexibility index (Phi) is 8.12. The van der Waals surface area contributed by atoms with Crippen LogP contribution in [0.4, 0.5) is 0 Å². The van der Waals surface area contributed by atoms with Gasteiger partial charge in [-0.15, -0.1) is 0 Å². The van der Waals surface area contributed by atoms with E-state index in [1.54, 1.807) is 12.1 Å². The van der Waals surface area contributed by atoms with Crippen LogP contribution in [-0.4, -0.2) is 60.9 Å². The van der Waals surface area contributed by atoms with Gasteiger partial charge in [0.15, 0.2) is 5.76 Å². The highest BCUT2D eigenvalue weighted by molar-refractivity contribution is 5.95. The molecule has 34 heavy (non-hydrogen) atoms. The molecule has 1 aromatic heterocycles. The average Bonchev–Trinajstić information content (AvgIpc) is 3.40. The monoisotopic (exact) mass is 460 g/mol. The Bertz CT molecular complexity index is 1060. The Hall–Kier alpha value is -3.42. The quantitative estimate of drug-likeness (QED) is 0.513. The number of likely N-dealkylation sites (N-methyl/N-ethyl adjacent to an activating group) is 1. The van der Waals surface area contributed by atoms with Crippen LogP contribution in [0.25, 0.3) is 0 Å². The molecule has 2 amide bonds. The third-order valence-corrected chi connectivity index (χ3v) is 6.11. The average molecular weight is 461 g/mol. The van der Waals surface area contributed by atoms with Gasteiger partial charge in [0.1, 0.15) is 6.04 Å². The normalized spacial score (nSPS) is 15.6. The van der Waals surface area contributed by atoms with Crippen LogP contribution in [0.5, 0.6) is 0 Å². The number of furan rings is 1. The molecule has 0 bridgehead atoms. The number of rotatable bonds is 9. The minimum Gasteiger partial charge on any atom is -0.459 e. The van der Waals surface area contributed by atoms with E-state index in [1.165, 1.54) is 11.8 Å². The lowest BCUT2D eigenvalue weighted by atomic mass is 10.0. The van der Waals surface area contributed by atoms with Crippen molar-refractivity contribution in [2.75, 3.05) is 33.2 Å². The minimum atomic E-state index is -0.714. The second kappa shape index (κ2) is 11.6. The van der Waals surface area contributed by atoms with E-state index in [9.17, 15) is 9.59 Å². The molecule has 0 saturated carbocycles. The lowest BCUT2D eigenvalue weighted by Crippen LogP contribution is -2.47. The molecule has 178 valence electrons. The standard InChI is InChI=1S/C27H32N4O3/c1-30-12-14-31(15-13-30)20-23-10-5-9-22(17-23)19-28-26(32)24(18-21-7-3-2-4-8-21)29-27(33)25-11-6-16-34-25/h2-11,16-17,24H,12-15,18-20H2,1H3,(H,28,32)(H,29,33). The highest BCUT2D eigenvalue weighted by atomic mass is 16.3. The smallest absolute Gasteiger partial charge is 0.287 e. The fourth-order valence-electron chi connectivity index (χ4n) is 4.11. The molecule has 0 aliphatic carbocycles. The van der Waals surface area contributed by atoms with Crippen LogP contribution in [0.1, 0.15) is 27.2 Å². The van der Waals surface area contributed by atoms with Crippen molar-refractivity contribution in [3.8, 4) is 0 Å².